The number of carboxylic acids is 1. The Morgan fingerprint density at radius 2 is 2.29 bits per heavy atom. The number of benzene rings is 1. The molecule has 4 nitrogen and oxygen atoms in total. The van der Waals surface area contributed by atoms with Crippen LogP contribution in [0.1, 0.15) is 17.5 Å². The smallest absolute Gasteiger partial charge is 0.307 e. The van der Waals surface area contributed by atoms with Gasteiger partial charge >= 0.3 is 5.97 Å². The highest BCUT2D eigenvalue weighted by molar-refractivity contribution is 5.71. The van der Waals surface area contributed by atoms with Gasteiger partial charge in [0.2, 0.25) is 0 Å². The maximum Gasteiger partial charge on any atom is 0.307 e. The van der Waals surface area contributed by atoms with Gasteiger partial charge in [0.1, 0.15) is 12.0 Å². The topological polar surface area (TPSA) is 63.6 Å². The molecular weight excluding hydrogens is 220 g/mol. The van der Waals surface area contributed by atoms with Crippen LogP contribution in [0.4, 0.5) is 0 Å². The summed E-state index contributed by atoms with van der Waals surface area (Å²) in [6, 6.07) is 5.05. The van der Waals surface area contributed by atoms with Crippen molar-refractivity contribution in [2.45, 2.75) is 12.8 Å². The zero-order valence-corrected chi connectivity index (χ0v) is 9.40. The molecule has 0 amide bonds. The standard InChI is InChI=1S/C13H12O4/c1-17-12-6-5-10(4-2-3-7-14)8-11(12)9-13(15)16/h5-8H,3,9H2,1H3,(H,15,16). The number of hydrogen-bond donors (Lipinski definition) is 1. The number of hydrogen-bond acceptors (Lipinski definition) is 3. The van der Waals surface area contributed by atoms with Crippen molar-refractivity contribution < 1.29 is 19.4 Å². The molecule has 0 aliphatic heterocycles. The van der Waals surface area contributed by atoms with Gasteiger partial charge in [0.25, 0.3) is 0 Å². The fourth-order valence-corrected chi connectivity index (χ4v) is 1.35. The molecule has 1 aromatic carbocycles. The molecule has 0 bridgehead atoms. The maximum absolute atomic E-state index is 10.7. The van der Waals surface area contributed by atoms with Crippen molar-refractivity contribution in [2.24, 2.45) is 0 Å². The van der Waals surface area contributed by atoms with Crippen LogP contribution in [0.15, 0.2) is 18.2 Å². The lowest BCUT2D eigenvalue weighted by atomic mass is 10.1. The number of carbonyl (C=O) groups is 2. The van der Waals surface area contributed by atoms with Crippen molar-refractivity contribution >= 4 is 12.3 Å². The third kappa shape index (κ3) is 3.99. The van der Waals surface area contributed by atoms with E-state index < -0.39 is 5.97 Å². The predicted molar refractivity (Wildman–Crippen MR) is 61.9 cm³/mol. The molecule has 17 heavy (non-hydrogen) atoms. The lowest BCUT2D eigenvalue weighted by molar-refractivity contribution is -0.136. The van der Waals surface area contributed by atoms with E-state index in [1.165, 1.54) is 7.11 Å². The number of rotatable bonds is 4. The van der Waals surface area contributed by atoms with Gasteiger partial charge in [0.15, 0.2) is 0 Å². The van der Waals surface area contributed by atoms with Gasteiger partial charge in [-0.05, 0) is 18.2 Å². The van der Waals surface area contributed by atoms with Gasteiger partial charge in [-0.15, -0.1) is 0 Å². The first-order chi connectivity index (χ1) is 8.17. The van der Waals surface area contributed by atoms with Crippen LogP contribution in [0.5, 0.6) is 5.75 Å². The molecule has 0 fully saturated rings. The van der Waals surface area contributed by atoms with Gasteiger partial charge in [-0.2, -0.15) is 0 Å². The van der Waals surface area contributed by atoms with Crippen molar-refractivity contribution in [3.8, 4) is 17.6 Å². The average Bonchev–Trinajstić information content (AvgIpc) is 2.29. The molecule has 0 spiro atoms. The van der Waals surface area contributed by atoms with Crippen LogP contribution in [0.25, 0.3) is 0 Å². The molecule has 4 heteroatoms. The van der Waals surface area contributed by atoms with Crippen LogP contribution >= 0.6 is 0 Å². The molecule has 1 aromatic rings. The highest BCUT2D eigenvalue weighted by Gasteiger charge is 2.07. The van der Waals surface area contributed by atoms with E-state index in [0.29, 0.717) is 23.2 Å². The fraction of sp³-hybridized carbons (Fsp3) is 0.231. The minimum absolute atomic E-state index is 0.119. The number of methoxy groups -OCH3 is 1. The minimum Gasteiger partial charge on any atom is -0.496 e. The molecule has 88 valence electrons. The fourth-order valence-electron chi connectivity index (χ4n) is 1.35. The van der Waals surface area contributed by atoms with Gasteiger partial charge < -0.3 is 14.6 Å². The summed E-state index contributed by atoms with van der Waals surface area (Å²) >= 11 is 0. The summed E-state index contributed by atoms with van der Waals surface area (Å²) < 4.78 is 5.06. The number of carboxylic acid groups (broad SMARTS) is 1. The Kier molecular flexibility index (Phi) is 4.77. The molecule has 0 saturated carbocycles. The largest absolute Gasteiger partial charge is 0.496 e. The Morgan fingerprint density at radius 3 is 2.88 bits per heavy atom. The van der Waals surface area contributed by atoms with Crippen LogP contribution in [-0.4, -0.2) is 24.5 Å². The first kappa shape index (κ1) is 12.8. The minimum atomic E-state index is -0.929. The van der Waals surface area contributed by atoms with Crippen molar-refractivity contribution in [1.29, 1.82) is 0 Å². The second-order valence-electron chi connectivity index (χ2n) is 3.27. The molecule has 0 aliphatic carbocycles. The SMILES string of the molecule is COc1ccc(C#CCC=O)cc1CC(=O)O. The normalized spacial score (nSPS) is 9.00. The summed E-state index contributed by atoms with van der Waals surface area (Å²) in [6.07, 6.45) is 0.765. The molecule has 1 rings (SSSR count). The molecule has 1 N–H and O–H groups in total. The first-order valence-electron chi connectivity index (χ1n) is 4.98. The second kappa shape index (κ2) is 6.33. The molecule has 0 unspecified atom stereocenters. The zero-order chi connectivity index (χ0) is 12.7. The molecule has 0 aromatic heterocycles. The zero-order valence-electron chi connectivity index (χ0n) is 9.40. The third-order valence-corrected chi connectivity index (χ3v) is 2.04. The summed E-state index contributed by atoms with van der Waals surface area (Å²) in [7, 11) is 1.48. The van der Waals surface area contributed by atoms with Crippen molar-refractivity contribution in [3.63, 3.8) is 0 Å². The number of carbonyl (C=O) groups excluding carboxylic acids is 1. The molecule has 0 heterocycles. The van der Waals surface area contributed by atoms with Gasteiger partial charge in [-0.3, -0.25) is 4.79 Å². The van der Waals surface area contributed by atoms with Gasteiger partial charge in [-0.25, -0.2) is 0 Å². The summed E-state index contributed by atoms with van der Waals surface area (Å²) in [5.74, 6) is 5.04. The third-order valence-electron chi connectivity index (χ3n) is 2.04. The lowest BCUT2D eigenvalue weighted by Crippen LogP contribution is -2.02. The Morgan fingerprint density at radius 1 is 1.53 bits per heavy atom. The van der Waals surface area contributed by atoms with Crippen molar-refractivity contribution in [3.05, 3.63) is 29.3 Å². The van der Waals surface area contributed by atoms with Crippen LogP contribution in [0.2, 0.25) is 0 Å². The highest BCUT2D eigenvalue weighted by Crippen LogP contribution is 2.20. The van der Waals surface area contributed by atoms with E-state index in [0.717, 1.165) is 0 Å². The van der Waals surface area contributed by atoms with E-state index in [1.807, 2.05) is 0 Å². The van der Waals surface area contributed by atoms with Crippen LogP contribution in [-0.2, 0) is 16.0 Å². The van der Waals surface area contributed by atoms with Crippen molar-refractivity contribution in [2.75, 3.05) is 7.11 Å². The number of aliphatic carboxylic acids is 1. The summed E-state index contributed by atoms with van der Waals surface area (Å²) in [5.41, 5.74) is 1.24. The second-order valence-corrected chi connectivity index (χ2v) is 3.27. The average molecular weight is 232 g/mol. The van der Waals surface area contributed by atoms with E-state index >= 15 is 0 Å². The van der Waals surface area contributed by atoms with E-state index in [4.69, 9.17) is 9.84 Å². The van der Waals surface area contributed by atoms with Crippen LogP contribution in [0, 0.1) is 11.8 Å². The van der Waals surface area contributed by atoms with Crippen LogP contribution < -0.4 is 4.74 Å². The van der Waals surface area contributed by atoms with E-state index in [9.17, 15) is 9.59 Å². The summed E-state index contributed by atoms with van der Waals surface area (Å²) in [6.45, 7) is 0. The molecule has 0 aliphatic rings. The monoisotopic (exact) mass is 232 g/mol. The van der Waals surface area contributed by atoms with E-state index in [2.05, 4.69) is 11.8 Å². The quantitative estimate of drug-likeness (QED) is 0.627. The maximum atomic E-state index is 10.7. The Hall–Kier alpha value is -2.28. The summed E-state index contributed by atoms with van der Waals surface area (Å²) in [5, 5.41) is 8.75. The van der Waals surface area contributed by atoms with Gasteiger partial charge in [-0.1, -0.05) is 11.8 Å². The highest BCUT2D eigenvalue weighted by atomic mass is 16.5. The molecule has 0 radical (unpaired) electrons. The number of aldehydes is 1. The van der Waals surface area contributed by atoms with Gasteiger partial charge in [0.05, 0.1) is 20.0 Å². The van der Waals surface area contributed by atoms with Crippen molar-refractivity contribution in [1.82, 2.24) is 0 Å². The summed E-state index contributed by atoms with van der Waals surface area (Å²) in [4.78, 5) is 20.8. The van der Waals surface area contributed by atoms with Gasteiger partial charge in [0, 0.05) is 11.1 Å². The molecule has 0 saturated heterocycles. The predicted octanol–water partition coefficient (Wildman–Crippen LogP) is 1.26. The molecular formula is C13H12O4. The lowest BCUT2D eigenvalue weighted by Gasteiger charge is -2.06. The van der Waals surface area contributed by atoms with E-state index in [-0.39, 0.29) is 12.8 Å². The first-order valence-corrected chi connectivity index (χ1v) is 4.98. The van der Waals surface area contributed by atoms with Crippen LogP contribution in [0.3, 0.4) is 0 Å². The Labute approximate surface area is 99.2 Å². The Balaban J connectivity index is 3.00. The van der Waals surface area contributed by atoms with E-state index in [1.54, 1.807) is 18.2 Å². The molecule has 0 atom stereocenters. The Bertz CT molecular complexity index is 480. The number of ether oxygens (including phenoxy) is 1.